The van der Waals surface area contributed by atoms with Crippen molar-refractivity contribution in [3.63, 3.8) is 0 Å². The summed E-state index contributed by atoms with van der Waals surface area (Å²) in [5.41, 5.74) is 0.0957. The zero-order chi connectivity index (χ0) is 16.9. The molecule has 5 nitrogen and oxygen atoms in total. The lowest BCUT2D eigenvalue weighted by molar-refractivity contribution is 0.0126. The van der Waals surface area contributed by atoms with Crippen LogP contribution in [0.4, 0.5) is 4.79 Å². The summed E-state index contributed by atoms with van der Waals surface area (Å²) < 4.78 is 5.51. The first-order valence-electron chi connectivity index (χ1n) is 7.88. The zero-order valence-corrected chi connectivity index (χ0v) is 14.7. The minimum absolute atomic E-state index is 0.122. The second-order valence-electron chi connectivity index (χ2n) is 6.60. The molecule has 0 spiro atoms. The molecule has 23 heavy (non-hydrogen) atoms. The fourth-order valence-corrected chi connectivity index (χ4v) is 3.60. The van der Waals surface area contributed by atoms with Gasteiger partial charge in [0.15, 0.2) is 0 Å². The first kappa shape index (κ1) is 17.6. The highest BCUT2D eigenvalue weighted by atomic mass is 32.2. The number of carbonyl (C=O) groups excluding carboxylic acids is 1. The number of carbonyl (C=O) groups is 1. The minimum atomic E-state index is -0.485. The lowest BCUT2D eigenvalue weighted by Crippen LogP contribution is -2.47. The maximum absolute atomic E-state index is 12.4. The van der Waals surface area contributed by atoms with Crippen LogP contribution in [0.5, 0.6) is 0 Å². The van der Waals surface area contributed by atoms with Crippen LogP contribution in [0.1, 0.15) is 45.6 Å². The van der Waals surface area contributed by atoms with Gasteiger partial charge in [-0.15, -0.1) is 11.8 Å². The molecule has 2 rings (SSSR count). The number of thioether (sulfide) groups is 1. The van der Waals surface area contributed by atoms with Gasteiger partial charge in [0.25, 0.3) is 0 Å². The van der Waals surface area contributed by atoms with Crippen molar-refractivity contribution < 1.29 is 9.53 Å². The van der Waals surface area contributed by atoms with Crippen LogP contribution in [0.2, 0.25) is 0 Å². The molecule has 124 valence electrons. The average molecular weight is 333 g/mol. The SMILES string of the molecule is CC(C)(C)OC(=O)N1CCCC[C@H]1CSc1ncccc1C#N. The van der Waals surface area contributed by atoms with Crippen LogP contribution in [0.15, 0.2) is 23.4 Å². The first-order chi connectivity index (χ1) is 10.9. The van der Waals surface area contributed by atoms with Gasteiger partial charge in [0.2, 0.25) is 0 Å². The molecule has 1 aromatic heterocycles. The van der Waals surface area contributed by atoms with E-state index in [1.807, 2.05) is 25.7 Å². The number of hydrogen-bond acceptors (Lipinski definition) is 5. The molecule has 1 aliphatic rings. The number of ether oxygens (including phenoxy) is 1. The Kier molecular flexibility index (Phi) is 5.89. The number of nitrogens with zero attached hydrogens (tertiary/aromatic N) is 3. The number of hydrogen-bond donors (Lipinski definition) is 0. The van der Waals surface area contributed by atoms with Crippen LogP contribution in [-0.4, -0.2) is 39.9 Å². The molecule has 1 aromatic rings. The molecule has 0 aliphatic carbocycles. The summed E-state index contributed by atoms with van der Waals surface area (Å²) in [5.74, 6) is 0.727. The van der Waals surface area contributed by atoms with Crippen LogP contribution in [0.25, 0.3) is 0 Å². The average Bonchev–Trinajstić information content (AvgIpc) is 2.51. The van der Waals surface area contributed by atoms with E-state index >= 15 is 0 Å². The second kappa shape index (κ2) is 7.69. The number of rotatable bonds is 3. The molecule has 0 unspecified atom stereocenters. The van der Waals surface area contributed by atoms with Gasteiger partial charge in [0, 0.05) is 24.5 Å². The zero-order valence-electron chi connectivity index (χ0n) is 13.9. The molecular formula is C17H23N3O2S. The third-order valence-electron chi connectivity index (χ3n) is 3.56. The molecule has 0 saturated carbocycles. The Balaban J connectivity index is 2.01. The quantitative estimate of drug-likeness (QED) is 0.786. The van der Waals surface area contributed by atoms with Crippen molar-refractivity contribution >= 4 is 17.9 Å². The van der Waals surface area contributed by atoms with Gasteiger partial charge in [-0.05, 0) is 52.2 Å². The molecule has 1 aliphatic heterocycles. The van der Waals surface area contributed by atoms with Gasteiger partial charge in [0.1, 0.15) is 16.7 Å². The van der Waals surface area contributed by atoms with Crippen molar-refractivity contribution in [3.05, 3.63) is 23.9 Å². The predicted octanol–water partition coefficient (Wildman–Crippen LogP) is 3.83. The summed E-state index contributed by atoms with van der Waals surface area (Å²) in [6, 6.07) is 5.81. The molecule has 0 radical (unpaired) electrons. The molecule has 1 fully saturated rings. The third-order valence-corrected chi connectivity index (χ3v) is 4.71. The van der Waals surface area contributed by atoms with E-state index in [4.69, 9.17) is 10.00 Å². The summed E-state index contributed by atoms with van der Waals surface area (Å²) in [5, 5.41) is 9.86. The molecule has 1 amide bonds. The number of amides is 1. The van der Waals surface area contributed by atoms with Gasteiger partial charge in [-0.25, -0.2) is 9.78 Å². The van der Waals surface area contributed by atoms with Crippen LogP contribution in [0.3, 0.4) is 0 Å². The largest absolute Gasteiger partial charge is 0.444 e. The Morgan fingerprint density at radius 3 is 3.00 bits per heavy atom. The van der Waals surface area contributed by atoms with Crippen molar-refractivity contribution in [1.82, 2.24) is 9.88 Å². The van der Waals surface area contributed by atoms with E-state index < -0.39 is 5.60 Å². The topological polar surface area (TPSA) is 66.2 Å². The van der Waals surface area contributed by atoms with E-state index in [9.17, 15) is 4.79 Å². The highest BCUT2D eigenvalue weighted by Gasteiger charge is 2.30. The van der Waals surface area contributed by atoms with Gasteiger partial charge in [-0.2, -0.15) is 5.26 Å². The third kappa shape index (κ3) is 5.14. The maximum Gasteiger partial charge on any atom is 0.410 e. The van der Waals surface area contributed by atoms with E-state index in [0.717, 1.165) is 36.6 Å². The van der Waals surface area contributed by atoms with Crippen molar-refractivity contribution in [2.75, 3.05) is 12.3 Å². The maximum atomic E-state index is 12.4. The van der Waals surface area contributed by atoms with Gasteiger partial charge in [-0.3, -0.25) is 0 Å². The number of nitriles is 1. The lowest BCUT2D eigenvalue weighted by atomic mass is 10.0. The number of pyridine rings is 1. The van der Waals surface area contributed by atoms with Gasteiger partial charge >= 0.3 is 6.09 Å². The van der Waals surface area contributed by atoms with Crippen LogP contribution >= 0.6 is 11.8 Å². The summed E-state index contributed by atoms with van der Waals surface area (Å²) in [6.45, 7) is 6.37. The molecule has 1 atom stereocenters. The molecule has 0 aromatic carbocycles. The number of piperidine rings is 1. The second-order valence-corrected chi connectivity index (χ2v) is 7.61. The number of likely N-dealkylation sites (tertiary alicyclic amines) is 1. The molecular weight excluding hydrogens is 310 g/mol. The summed E-state index contributed by atoms with van der Waals surface area (Å²) in [4.78, 5) is 18.5. The smallest absolute Gasteiger partial charge is 0.410 e. The van der Waals surface area contributed by atoms with Crippen molar-refractivity contribution in [2.45, 2.75) is 56.7 Å². The van der Waals surface area contributed by atoms with Crippen LogP contribution in [-0.2, 0) is 4.74 Å². The summed E-state index contributed by atoms with van der Waals surface area (Å²) in [6.07, 6.45) is 4.52. The Labute approximate surface area is 142 Å². The summed E-state index contributed by atoms with van der Waals surface area (Å²) >= 11 is 1.53. The molecule has 0 bridgehead atoms. The van der Waals surface area contributed by atoms with E-state index in [1.165, 1.54) is 11.8 Å². The number of aromatic nitrogens is 1. The van der Waals surface area contributed by atoms with Crippen LogP contribution in [0, 0.1) is 11.3 Å². The van der Waals surface area contributed by atoms with E-state index in [-0.39, 0.29) is 12.1 Å². The monoisotopic (exact) mass is 333 g/mol. The standard InChI is InChI=1S/C17H23N3O2S/c1-17(2,3)22-16(21)20-10-5-4-8-14(20)12-23-15-13(11-18)7-6-9-19-15/h6-7,9,14H,4-5,8,10,12H2,1-3H3/t14-/m0/s1. The highest BCUT2D eigenvalue weighted by Crippen LogP contribution is 2.27. The normalized spacial score (nSPS) is 18.3. The molecule has 0 N–H and O–H groups in total. The fourth-order valence-electron chi connectivity index (χ4n) is 2.50. The van der Waals surface area contributed by atoms with Gasteiger partial charge in [0.05, 0.1) is 5.56 Å². The van der Waals surface area contributed by atoms with E-state index in [0.29, 0.717) is 5.56 Å². The fraction of sp³-hybridized carbons (Fsp3) is 0.588. The predicted molar refractivity (Wildman–Crippen MR) is 90.3 cm³/mol. The van der Waals surface area contributed by atoms with Crippen molar-refractivity contribution in [3.8, 4) is 6.07 Å². The van der Waals surface area contributed by atoms with Gasteiger partial charge in [-0.1, -0.05) is 0 Å². The van der Waals surface area contributed by atoms with Crippen LogP contribution < -0.4 is 0 Å². The Morgan fingerprint density at radius 2 is 2.30 bits per heavy atom. The summed E-state index contributed by atoms with van der Waals surface area (Å²) in [7, 11) is 0. The minimum Gasteiger partial charge on any atom is -0.444 e. The Hall–Kier alpha value is -1.74. The molecule has 1 saturated heterocycles. The molecule has 6 heteroatoms. The first-order valence-corrected chi connectivity index (χ1v) is 8.87. The van der Waals surface area contributed by atoms with E-state index in [1.54, 1.807) is 18.3 Å². The van der Waals surface area contributed by atoms with Crippen molar-refractivity contribution in [1.29, 1.82) is 5.26 Å². The highest BCUT2D eigenvalue weighted by molar-refractivity contribution is 7.99. The molecule has 2 heterocycles. The Morgan fingerprint density at radius 1 is 1.52 bits per heavy atom. The van der Waals surface area contributed by atoms with Crippen molar-refractivity contribution in [2.24, 2.45) is 0 Å². The lowest BCUT2D eigenvalue weighted by Gasteiger charge is -2.36. The Bertz CT molecular complexity index is 592. The van der Waals surface area contributed by atoms with E-state index in [2.05, 4.69) is 11.1 Å². The van der Waals surface area contributed by atoms with Gasteiger partial charge < -0.3 is 9.64 Å².